The van der Waals surface area contributed by atoms with Gasteiger partial charge in [0, 0.05) is 23.7 Å². The van der Waals surface area contributed by atoms with Gasteiger partial charge in [0.1, 0.15) is 12.4 Å². The van der Waals surface area contributed by atoms with E-state index in [0.717, 1.165) is 24.1 Å². The minimum atomic E-state index is 0.145. The maximum Gasteiger partial charge on any atom is 0.138 e. The number of ether oxygens (including phenoxy) is 1. The van der Waals surface area contributed by atoms with Crippen molar-refractivity contribution in [1.82, 2.24) is 4.98 Å². The van der Waals surface area contributed by atoms with E-state index in [4.69, 9.17) is 15.7 Å². The first-order valence-electron chi connectivity index (χ1n) is 7.04. The van der Waals surface area contributed by atoms with Gasteiger partial charge in [-0.2, -0.15) is 5.26 Å². The van der Waals surface area contributed by atoms with Crippen molar-refractivity contribution in [2.24, 2.45) is 5.73 Å². The molecule has 2 aromatic rings. The highest BCUT2D eigenvalue weighted by atomic mass is 16.5. The molecule has 0 amide bonds. The van der Waals surface area contributed by atoms with Crippen LogP contribution in [-0.4, -0.2) is 11.0 Å². The second kappa shape index (κ2) is 7.41. The van der Waals surface area contributed by atoms with Crippen LogP contribution in [0.5, 0.6) is 5.75 Å². The third kappa shape index (κ3) is 4.30. The van der Waals surface area contributed by atoms with Gasteiger partial charge >= 0.3 is 0 Å². The van der Waals surface area contributed by atoms with Crippen molar-refractivity contribution in [3.63, 3.8) is 0 Å². The molecule has 1 aromatic heterocycles. The predicted molar refractivity (Wildman–Crippen MR) is 81.7 cm³/mol. The Balaban J connectivity index is 1.96. The molecule has 2 rings (SSSR count). The maximum atomic E-state index is 9.03. The largest absolute Gasteiger partial charge is 0.487 e. The molecule has 4 heteroatoms. The van der Waals surface area contributed by atoms with Crippen molar-refractivity contribution >= 4 is 0 Å². The van der Waals surface area contributed by atoms with E-state index in [2.05, 4.69) is 18.0 Å². The van der Waals surface area contributed by atoms with Crippen molar-refractivity contribution in [2.75, 3.05) is 0 Å². The molecule has 1 unspecified atom stereocenters. The monoisotopic (exact) mass is 281 g/mol. The van der Waals surface area contributed by atoms with Gasteiger partial charge in [0.2, 0.25) is 0 Å². The van der Waals surface area contributed by atoms with Crippen molar-refractivity contribution in [3.05, 3.63) is 59.4 Å². The average molecular weight is 281 g/mol. The van der Waals surface area contributed by atoms with Crippen molar-refractivity contribution < 1.29 is 4.74 Å². The molecule has 4 nitrogen and oxygen atoms in total. The number of nitrogens with zero attached hydrogens (tertiary/aromatic N) is 2. The zero-order chi connectivity index (χ0) is 15.1. The molecule has 0 saturated heterocycles. The molecule has 0 radical (unpaired) electrons. The molecule has 0 aliphatic heterocycles. The van der Waals surface area contributed by atoms with E-state index in [0.29, 0.717) is 17.9 Å². The first kappa shape index (κ1) is 15.0. The minimum absolute atomic E-state index is 0.145. The smallest absolute Gasteiger partial charge is 0.138 e. The summed E-state index contributed by atoms with van der Waals surface area (Å²) in [4.78, 5) is 4.35. The van der Waals surface area contributed by atoms with Crippen LogP contribution >= 0.6 is 0 Å². The van der Waals surface area contributed by atoms with Crippen molar-refractivity contribution in [1.29, 1.82) is 5.26 Å². The summed E-state index contributed by atoms with van der Waals surface area (Å²) in [5.41, 5.74) is 8.38. The zero-order valence-corrected chi connectivity index (χ0v) is 12.1. The molecule has 0 saturated carbocycles. The molecular weight excluding hydrogens is 262 g/mol. The summed E-state index contributed by atoms with van der Waals surface area (Å²) >= 11 is 0. The van der Waals surface area contributed by atoms with Crippen molar-refractivity contribution in [3.8, 4) is 11.8 Å². The summed E-state index contributed by atoms with van der Waals surface area (Å²) in [7, 11) is 0. The van der Waals surface area contributed by atoms with Gasteiger partial charge in [0.05, 0.1) is 17.8 Å². The molecule has 0 aliphatic rings. The van der Waals surface area contributed by atoms with Gasteiger partial charge in [0.15, 0.2) is 0 Å². The van der Waals surface area contributed by atoms with E-state index in [1.54, 1.807) is 12.3 Å². The molecule has 0 spiro atoms. The lowest BCUT2D eigenvalue weighted by Gasteiger charge is -2.10. The normalized spacial score (nSPS) is 11.7. The Bertz CT molecular complexity index is 617. The van der Waals surface area contributed by atoms with Gasteiger partial charge in [-0.1, -0.05) is 25.1 Å². The van der Waals surface area contributed by atoms with E-state index >= 15 is 0 Å². The number of hydrogen-bond acceptors (Lipinski definition) is 4. The molecule has 108 valence electrons. The lowest BCUT2D eigenvalue weighted by molar-refractivity contribution is 0.304. The van der Waals surface area contributed by atoms with E-state index in [-0.39, 0.29) is 6.04 Å². The van der Waals surface area contributed by atoms with Gasteiger partial charge in [-0.05, 0) is 24.6 Å². The highest BCUT2D eigenvalue weighted by Crippen LogP contribution is 2.14. The van der Waals surface area contributed by atoms with Crippen LogP contribution in [0.2, 0.25) is 0 Å². The van der Waals surface area contributed by atoms with E-state index in [1.807, 2.05) is 30.3 Å². The lowest BCUT2D eigenvalue weighted by atomic mass is 10.1. The third-order valence-electron chi connectivity index (χ3n) is 3.33. The standard InChI is InChI=1S/C17H19N3O/c1-2-15(19)9-16-7-8-17(11-20-16)21-12-14-6-4-3-5-13(14)10-18/h3-8,11,15H,2,9,12,19H2,1H3. The number of rotatable bonds is 6. The molecule has 1 aromatic carbocycles. The van der Waals surface area contributed by atoms with Gasteiger partial charge in [-0.3, -0.25) is 4.98 Å². The Morgan fingerprint density at radius 1 is 1.29 bits per heavy atom. The van der Waals surface area contributed by atoms with Crippen LogP contribution < -0.4 is 10.5 Å². The Morgan fingerprint density at radius 3 is 2.76 bits per heavy atom. The summed E-state index contributed by atoms with van der Waals surface area (Å²) in [6.07, 6.45) is 3.41. The number of hydrogen-bond donors (Lipinski definition) is 1. The Morgan fingerprint density at radius 2 is 2.10 bits per heavy atom. The quantitative estimate of drug-likeness (QED) is 0.883. The van der Waals surface area contributed by atoms with E-state index in [1.165, 1.54) is 0 Å². The first-order valence-corrected chi connectivity index (χ1v) is 7.04. The topological polar surface area (TPSA) is 71.9 Å². The third-order valence-corrected chi connectivity index (χ3v) is 3.33. The average Bonchev–Trinajstić information content (AvgIpc) is 2.54. The zero-order valence-electron chi connectivity index (χ0n) is 12.1. The molecular formula is C17H19N3O. The second-order valence-corrected chi connectivity index (χ2v) is 4.92. The highest BCUT2D eigenvalue weighted by molar-refractivity contribution is 5.37. The van der Waals surface area contributed by atoms with Crippen LogP contribution in [0.25, 0.3) is 0 Å². The molecule has 21 heavy (non-hydrogen) atoms. The minimum Gasteiger partial charge on any atom is -0.487 e. The Hall–Kier alpha value is -2.38. The fraction of sp³-hybridized carbons (Fsp3) is 0.294. The lowest BCUT2D eigenvalue weighted by Crippen LogP contribution is -2.21. The van der Waals surface area contributed by atoms with Gasteiger partial charge in [0.25, 0.3) is 0 Å². The van der Waals surface area contributed by atoms with E-state index < -0.39 is 0 Å². The molecule has 0 fully saturated rings. The Kier molecular flexibility index (Phi) is 5.30. The SMILES string of the molecule is CCC(N)Cc1ccc(OCc2ccccc2C#N)cn1. The Labute approximate surface area is 125 Å². The summed E-state index contributed by atoms with van der Waals surface area (Å²) in [5.74, 6) is 0.691. The predicted octanol–water partition coefficient (Wildman–Crippen LogP) is 2.81. The molecule has 1 heterocycles. The fourth-order valence-corrected chi connectivity index (χ4v) is 1.95. The maximum absolute atomic E-state index is 9.03. The number of aromatic nitrogens is 1. The molecule has 0 bridgehead atoms. The number of pyridine rings is 1. The number of nitrogens with two attached hydrogens (primary N) is 1. The van der Waals surface area contributed by atoms with Crippen LogP contribution in [0.3, 0.4) is 0 Å². The number of nitriles is 1. The summed E-state index contributed by atoms with van der Waals surface area (Å²) in [6.45, 7) is 2.42. The molecule has 2 N–H and O–H groups in total. The fourth-order valence-electron chi connectivity index (χ4n) is 1.95. The van der Waals surface area contributed by atoms with E-state index in [9.17, 15) is 0 Å². The van der Waals surface area contributed by atoms with Crippen LogP contribution in [0.1, 0.15) is 30.2 Å². The summed E-state index contributed by atoms with van der Waals surface area (Å²) in [5, 5.41) is 9.03. The highest BCUT2D eigenvalue weighted by Gasteiger charge is 2.04. The molecule has 1 atom stereocenters. The summed E-state index contributed by atoms with van der Waals surface area (Å²) in [6, 6.07) is 13.5. The van der Waals surface area contributed by atoms with Crippen LogP contribution in [0.15, 0.2) is 42.6 Å². The first-order chi connectivity index (χ1) is 10.2. The van der Waals surface area contributed by atoms with Crippen molar-refractivity contribution in [2.45, 2.75) is 32.4 Å². The van der Waals surface area contributed by atoms with Crippen LogP contribution in [0.4, 0.5) is 0 Å². The van der Waals surface area contributed by atoms with Crippen LogP contribution in [0, 0.1) is 11.3 Å². The van der Waals surface area contributed by atoms with Gasteiger partial charge in [-0.25, -0.2) is 0 Å². The van der Waals surface area contributed by atoms with Gasteiger partial charge in [-0.15, -0.1) is 0 Å². The summed E-state index contributed by atoms with van der Waals surface area (Å²) < 4.78 is 5.68. The molecule has 0 aliphatic carbocycles. The van der Waals surface area contributed by atoms with Crippen LogP contribution in [-0.2, 0) is 13.0 Å². The number of benzene rings is 1. The second-order valence-electron chi connectivity index (χ2n) is 4.92. The van der Waals surface area contributed by atoms with Gasteiger partial charge < -0.3 is 10.5 Å².